The quantitative estimate of drug-likeness (QED) is 0.728. The van der Waals surface area contributed by atoms with E-state index >= 15 is 0 Å². The van der Waals surface area contributed by atoms with E-state index in [-0.39, 0.29) is 11.7 Å². The van der Waals surface area contributed by atoms with Crippen LogP contribution < -0.4 is 16.2 Å². The smallest absolute Gasteiger partial charge is 0.325 e. The van der Waals surface area contributed by atoms with Crippen LogP contribution in [0.1, 0.15) is 11.4 Å². The lowest BCUT2D eigenvalue weighted by molar-refractivity contribution is -0.141. The highest BCUT2D eigenvalue weighted by Gasteiger charge is 2.33. The third-order valence-electron chi connectivity index (χ3n) is 2.66. The summed E-state index contributed by atoms with van der Waals surface area (Å²) < 4.78 is 37.4. The Balaban J connectivity index is 2.19. The van der Waals surface area contributed by atoms with Gasteiger partial charge in [-0.1, -0.05) is 6.08 Å². The van der Waals surface area contributed by atoms with Gasteiger partial charge in [0.2, 0.25) is 0 Å². The minimum Gasteiger partial charge on any atom is -0.325 e. The second-order valence-electron chi connectivity index (χ2n) is 4.12. The first kappa shape index (κ1) is 13.8. The molecule has 0 aliphatic carbocycles. The van der Waals surface area contributed by atoms with Crippen molar-refractivity contribution in [1.29, 1.82) is 0 Å². The molecule has 1 unspecified atom stereocenters. The SMILES string of the molecule is O=c1[nH]cc(C(F)(F)F)nc1C=CC1CNCCN1. The lowest BCUT2D eigenvalue weighted by atomic mass is 10.2. The van der Waals surface area contributed by atoms with Gasteiger partial charge in [-0.05, 0) is 6.08 Å². The maximum absolute atomic E-state index is 12.5. The zero-order valence-corrected chi connectivity index (χ0v) is 9.92. The minimum atomic E-state index is -4.57. The average Bonchev–Trinajstić information content (AvgIpc) is 2.37. The highest BCUT2D eigenvalue weighted by Crippen LogP contribution is 2.26. The molecule has 0 radical (unpaired) electrons. The van der Waals surface area contributed by atoms with E-state index in [1.165, 1.54) is 6.08 Å². The molecule has 5 nitrogen and oxygen atoms in total. The number of piperazine rings is 1. The van der Waals surface area contributed by atoms with Crippen molar-refractivity contribution in [3.05, 3.63) is 34.0 Å². The molecule has 0 bridgehead atoms. The number of H-pyrrole nitrogens is 1. The molecule has 0 aromatic carbocycles. The number of nitrogens with zero attached hydrogens (tertiary/aromatic N) is 1. The van der Waals surface area contributed by atoms with E-state index in [1.54, 1.807) is 6.08 Å². The topological polar surface area (TPSA) is 69.8 Å². The Morgan fingerprint density at radius 2 is 2.16 bits per heavy atom. The number of hydrogen-bond donors (Lipinski definition) is 3. The molecule has 1 saturated heterocycles. The molecule has 0 spiro atoms. The summed E-state index contributed by atoms with van der Waals surface area (Å²) in [6, 6.07) is -0.0236. The molecule has 3 N–H and O–H groups in total. The van der Waals surface area contributed by atoms with E-state index in [0.717, 1.165) is 13.1 Å². The fourth-order valence-electron chi connectivity index (χ4n) is 1.70. The summed E-state index contributed by atoms with van der Waals surface area (Å²) in [4.78, 5) is 16.8. The number of rotatable bonds is 2. The van der Waals surface area contributed by atoms with Gasteiger partial charge in [0, 0.05) is 31.9 Å². The summed E-state index contributed by atoms with van der Waals surface area (Å²) in [6.45, 7) is 2.27. The predicted molar refractivity (Wildman–Crippen MR) is 63.6 cm³/mol. The van der Waals surface area contributed by atoms with Gasteiger partial charge in [-0.3, -0.25) is 4.79 Å². The summed E-state index contributed by atoms with van der Waals surface area (Å²) in [6.07, 6.45) is -1.07. The first-order valence-corrected chi connectivity index (χ1v) is 5.76. The van der Waals surface area contributed by atoms with Crippen molar-refractivity contribution in [3.63, 3.8) is 0 Å². The van der Waals surface area contributed by atoms with Crippen LogP contribution in [0.15, 0.2) is 17.1 Å². The maximum Gasteiger partial charge on any atom is 0.434 e. The molecule has 1 fully saturated rings. The number of alkyl halides is 3. The molecular weight excluding hydrogens is 261 g/mol. The van der Waals surface area contributed by atoms with Crippen molar-refractivity contribution in [2.75, 3.05) is 19.6 Å². The van der Waals surface area contributed by atoms with Crippen LogP contribution in [-0.4, -0.2) is 35.6 Å². The molecule has 1 aromatic heterocycles. The molecule has 104 valence electrons. The Morgan fingerprint density at radius 3 is 2.79 bits per heavy atom. The monoisotopic (exact) mass is 274 g/mol. The lowest BCUT2D eigenvalue weighted by Crippen LogP contribution is -2.47. The molecule has 2 rings (SSSR count). The van der Waals surface area contributed by atoms with Gasteiger partial charge in [0.25, 0.3) is 5.56 Å². The highest BCUT2D eigenvalue weighted by atomic mass is 19.4. The van der Waals surface area contributed by atoms with Gasteiger partial charge < -0.3 is 15.6 Å². The molecule has 1 aliphatic rings. The van der Waals surface area contributed by atoms with Crippen molar-refractivity contribution in [2.24, 2.45) is 0 Å². The van der Waals surface area contributed by atoms with E-state index in [1.807, 2.05) is 4.98 Å². The van der Waals surface area contributed by atoms with Gasteiger partial charge >= 0.3 is 6.18 Å². The fourth-order valence-corrected chi connectivity index (χ4v) is 1.70. The second kappa shape index (κ2) is 5.54. The van der Waals surface area contributed by atoms with E-state index in [4.69, 9.17) is 0 Å². The van der Waals surface area contributed by atoms with Crippen LogP contribution in [0.3, 0.4) is 0 Å². The first-order valence-electron chi connectivity index (χ1n) is 5.76. The lowest BCUT2D eigenvalue weighted by Gasteiger charge is -2.21. The number of aromatic nitrogens is 2. The van der Waals surface area contributed by atoms with E-state index in [9.17, 15) is 18.0 Å². The summed E-state index contributed by atoms with van der Waals surface area (Å²) in [5, 5.41) is 6.26. The van der Waals surface area contributed by atoms with Gasteiger partial charge in [0.05, 0.1) is 0 Å². The highest BCUT2D eigenvalue weighted by molar-refractivity contribution is 5.44. The number of hydrogen-bond acceptors (Lipinski definition) is 4. The minimum absolute atomic E-state index is 0.0236. The molecule has 8 heteroatoms. The molecule has 2 heterocycles. The van der Waals surface area contributed by atoms with Crippen LogP contribution in [0.2, 0.25) is 0 Å². The first-order chi connectivity index (χ1) is 8.97. The molecule has 1 atom stereocenters. The number of nitrogens with one attached hydrogen (secondary N) is 3. The van der Waals surface area contributed by atoms with Gasteiger partial charge in [0.1, 0.15) is 5.69 Å². The van der Waals surface area contributed by atoms with Crippen molar-refractivity contribution >= 4 is 6.08 Å². The van der Waals surface area contributed by atoms with Crippen LogP contribution >= 0.6 is 0 Å². The van der Waals surface area contributed by atoms with Crippen LogP contribution in [0, 0.1) is 0 Å². The van der Waals surface area contributed by atoms with Crippen LogP contribution in [0.25, 0.3) is 6.08 Å². The van der Waals surface area contributed by atoms with Gasteiger partial charge in [-0.15, -0.1) is 0 Å². The van der Waals surface area contributed by atoms with Crippen LogP contribution in [0.4, 0.5) is 13.2 Å². The second-order valence-corrected chi connectivity index (χ2v) is 4.12. The Hall–Kier alpha value is -1.67. The average molecular weight is 274 g/mol. The van der Waals surface area contributed by atoms with Crippen molar-refractivity contribution in [3.8, 4) is 0 Å². The normalized spacial score (nSPS) is 20.9. The van der Waals surface area contributed by atoms with Crippen LogP contribution in [0.5, 0.6) is 0 Å². The standard InChI is InChI=1S/C11H13F3N4O/c12-11(13,14)9-6-17-10(19)8(18-9)2-1-7-5-15-3-4-16-7/h1-2,6-7,15-16H,3-5H2,(H,17,19). The molecule has 1 aliphatic heterocycles. The Bertz CT molecular complexity index is 517. The molecule has 0 saturated carbocycles. The van der Waals surface area contributed by atoms with E-state index in [0.29, 0.717) is 12.7 Å². The Labute approximate surface area is 106 Å². The summed E-state index contributed by atoms with van der Waals surface area (Å²) in [5.41, 5.74) is -2.00. The Kier molecular flexibility index (Phi) is 4.01. The number of aromatic amines is 1. The molecular formula is C11H13F3N4O. The largest absolute Gasteiger partial charge is 0.434 e. The van der Waals surface area contributed by atoms with E-state index in [2.05, 4.69) is 15.6 Å². The molecule has 19 heavy (non-hydrogen) atoms. The van der Waals surface area contributed by atoms with Gasteiger partial charge in [-0.2, -0.15) is 13.2 Å². The molecule has 0 amide bonds. The predicted octanol–water partition coefficient (Wildman–Crippen LogP) is 0.363. The summed E-state index contributed by atoms with van der Waals surface area (Å²) in [5.74, 6) is 0. The third kappa shape index (κ3) is 3.65. The maximum atomic E-state index is 12.5. The van der Waals surface area contributed by atoms with Crippen molar-refractivity contribution in [1.82, 2.24) is 20.6 Å². The van der Waals surface area contributed by atoms with Gasteiger partial charge in [0.15, 0.2) is 5.69 Å². The van der Waals surface area contributed by atoms with Gasteiger partial charge in [-0.25, -0.2) is 4.98 Å². The molecule has 1 aromatic rings. The number of halogens is 3. The Morgan fingerprint density at radius 1 is 1.37 bits per heavy atom. The summed E-state index contributed by atoms with van der Waals surface area (Å²) >= 11 is 0. The van der Waals surface area contributed by atoms with Crippen molar-refractivity contribution < 1.29 is 13.2 Å². The van der Waals surface area contributed by atoms with Crippen LogP contribution in [-0.2, 0) is 6.18 Å². The zero-order valence-electron chi connectivity index (χ0n) is 9.92. The fraction of sp³-hybridized carbons (Fsp3) is 0.455. The zero-order chi connectivity index (χ0) is 13.9. The van der Waals surface area contributed by atoms with E-state index < -0.39 is 17.4 Å². The van der Waals surface area contributed by atoms with Crippen molar-refractivity contribution in [2.45, 2.75) is 12.2 Å². The third-order valence-corrected chi connectivity index (χ3v) is 2.66. The summed E-state index contributed by atoms with van der Waals surface area (Å²) in [7, 11) is 0.